The van der Waals surface area contributed by atoms with Crippen molar-refractivity contribution in [3.63, 3.8) is 0 Å². The molecule has 0 heterocycles. The first-order valence-corrected chi connectivity index (χ1v) is 5.29. The molecule has 4 N–H and O–H groups in total. The lowest BCUT2D eigenvalue weighted by atomic mass is 10.1. The lowest BCUT2D eigenvalue weighted by Gasteiger charge is -2.15. The fourth-order valence-electron chi connectivity index (χ4n) is 1.13. The van der Waals surface area contributed by atoms with E-state index in [9.17, 15) is 4.79 Å². The van der Waals surface area contributed by atoms with E-state index in [-0.39, 0.29) is 18.6 Å². The molecule has 16 heavy (non-hydrogen) atoms. The maximum atomic E-state index is 11.6. The van der Waals surface area contributed by atoms with E-state index in [4.69, 9.17) is 16.2 Å². The van der Waals surface area contributed by atoms with Crippen LogP contribution in [0.25, 0.3) is 0 Å². The van der Waals surface area contributed by atoms with Crippen LogP contribution < -0.4 is 11.5 Å². The van der Waals surface area contributed by atoms with Gasteiger partial charge >= 0.3 is 5.97 Å². The Morgan fingerprint density at radius 3 is 2.56 bits per heavy atom. The normalized spacial score (nSPS) is 12.5. The molecule has 0 aliphatic rings. The summed E-state index contributed by atoms with van der Waals surface area (Å²) in [6.07, 6.45) is 0. The number of hydrogen-bond donors (Lipinski definition) is 2. The zero-order valence-corrected chi connectivity index (χ0v) is 9.64. The molecule has 0 radical (unpaired) electrons. The Morgan fingerprint density at radius 2 is 2.00 bits per heavy atom. The monoisotopic (exact) mass is 222 g/mol. The molecule has 1 aromatic carbocycles. The number of nitrogen functional groups attached to an aromatic ring is 1. The highest BCUT2D eigenvalue weighted by Gasteiger charge is 2.14. The van der Waals surface area contributed by atoms with Crippen molar-refractivity contribution in [2.75, 3.05) is 12.3 Å². The highest BCUT2D eigenvalue weighted by molar-refractivity contribution is 5.94. The van der Waals surface area contributed by atoms with Gasteiger partial charge in [0, 0.05) is 11.7 Å². The Bertz CT molecular complexity index is 364. The third-order valence-corrected chi connectivity index (χ3v) is 2.44. The number of anilines is 1. The third-order valence-electron chi connectivity index (χ3n) is 2.44. The lowest BCUT2D eigenvalue weighted by Crippen LogP contribution is -2.32. The highest BCUT2D eigenvalue weighted by atomic mass is 16.5. The first-order chi connectivity index (χ1) is 7.52. The van der Waals surface area contributed by atoms with Crippen LogP contribution in [0.4, 0.5) is 5.69 Å². The van der Waals surface area contributed by atoms with Crippen molar-refractivity contribution in [2.24, 2.45) is 11.7 Å². The summed E-state index contributed by atoms with van der Waals surface area (Å²) < 4.78 is 5.09. The van der Waals surface area contributed by atoms with Gasteiger partial charge in [0.1, 0.15) is 6.61 Å². The van der Waals surface area contributed by atoms with Crippen LogP contribution in [-0.2, 0) is 4.74 Å². The number of hydrogen-bond acceptors (Lipinski definition) is 4. The fourth-order valence-corrected chi connectivity index (χ4v) is 1.13. The molecule has 1 rings (SSSR count). The second kappa shape index (κ2) is 5.51. The van der Waals surface area contributed by atoms with Gasteiger partial charge in [-0.15, -0.1) is 0 Å². The average Bonchev–Trinajstić information content (AvgIpc) is 2.25. The van der Waals surface area contributed by atoms with Crippen molar-refractivity contribution in [3.8, 4) is 0 Å². The SMILES string of the molecule is CC(C)[C@H](N)COC(=O)c1ccccc1N. The molecule has 1 atom stereocenters. The molecule has 0 saturated carbocycles. The van der Waals surface area contributed by atoms with Crippen molar-refractivity contribution in [2.45, 2.75) is 19.9 Å². The molecule has 0 aliphatic heterocycles. The summed E-state index contributed by atoms with van der Waals surface area (Å²) in [5.74, 6) is -0.143. The van der Waals surface area contributed by atoms with Crippen molar-refractivity contribution in [1.29, 1.82) is 0 Å². The summed E-state index contributed by atoms with van der Waals surface area (Å²) in [5, 5.41) is 0. The molecule has 0 bridgehead atoms. The van der Waals surface area contributed by atoms with Crippen LogP contribution in [0.2, 0.25) is 0 Å². The molecular formula is C12H18N2O2. The van der Waals surface area contributed by atoms with E-state index in [1.807, 2.05) is 13.8 Å². The Morgan fingerprint density at radius 1 is 1.38 bits per heavy atom. The topological polar surface area (TPSA) is 78.3 Å². The molecule has 88 valence electrons. The molecule has 1 aromatic rings. The van der Waals surface area contributed by atoms with Crippen LogP contribution in [-0.4, -0.2) is 18.6 Å². The predicted octanol–water partition coefficient (Wildman–Crippen LogP) is 1.41. The third kappa shape index (κ3) is 3.24. The number of benzene rings is 1. The lowest BCUT2D eigenvalue weighted by molar-refractivity contribution is 0.0464. The van der Waals surface area contributed by atoms with Crippen LogP contribution in [0, 0.1) is 5.92 Å². The minimum absolute atomic E-state index is 0.145. The molecule has 0 amide bonds. The quantitative estimate of drug-likeness (QED) is 0.596. The maximum absolute atomic E-state index is 11.6. The molecule has 4 nitrogen and oxygen atoms in total. The first kappa shape index (κ1) is 12.5. The predicted molar refractivity (Wildman–Crippen MR) is 64.0 cm³/mol. The van der Waals surface area contributed by atoms with Gasteiger partial charge < -0.3 is 16.2 Å². The summed E-state index contributed by atoms with van der Waals surface area (Å²) in [4.78, 5) is 11.6. The average molecular weight is 222 g/mol. The second-order valence-corrected chi connectivity index (χ2v) is 4.09. The number of para-hydroxylation sites is 1. The molecular weight excluding hydrogens is 204 g/mol. The van der Waals surface area contributed by atoms with Crippen molar-refractivity contribution >= 4 is 11.7 Å². The van der Waals surface area contributed by atoms with Gasteiger partial charge in [0.25, 0.3) is 0 Å². The van der Waals surface area contributed by atoms with E-state index in [0.717, 1.165) is 0 Å². The van der Waals surface area contributed by atoms with Crippen LogP contribution in [0.3, 0.4) is 0 Å². The summed E-state index contributed by atoms with van der Waals surface area (Å²) >= 11 is 0. The van der Waals surface area contributed by atoms with Crippen molar-refractivity contribution < 1.29 is 9.53 Å². The number of ether oxygens (including phenoxy) is 1. The summed E-state index contributed by atoms with van der Waals surface area (Å²) in [6, 6.07) is 6.67. The molecule has 0 saturated heterocycles. The van der Waals surface area contributed by atoms with Crippen LogP contribution in [0.15, 0.2) is 24.3 Å². The van der Waals surface area contributed by atoms with Crippen LogP contribution in [0.5, 0.6) is 0 Å². The van der Waals surface area contributed by atoms with Gasteiger partial charge in [0.2, 0.25) is 0 Å². The zero-order valence-electron chi connectivity index (χ0n) is 9.64. The fraction of sp³-hybridized carbons (Fsp3) is 0.417. The van der Waals surface area contributed by atoms with E-state index in [1.54, 1.807) is 24.3 Å². The molecule has 0 aromatic heterocycles. The van der Waals surface area contributed by atoms with Crippen LogP contribution in [0.1, 0.15) is 24.2 Å². The molecule has 0 fully saturated rings. The smallest absolute Gasteiger partial charge is 0.340 e. The van der Waals surface area contributed by atoms with Gasteiger partial charge in [-0.3, -0.25) is 0 Å². The van der Waals surface area contributed by atoms with Crippen LogP contribution >= 0.6 is 0 Å². The molecule has 0 unspecified atom stereocenters. The van der Waals surface area contributed by atoms with Gasteiger partial charge in [-0.05, 0) is 18.1 Å². The highest BCUT2D eigenvalue weighted by Crippen LogP contribution is 2.12. The maximum Gasteiger partial charge on any atom is 0.340 e. The van der Waals surface area contributed by atoms with Gasteiger partial charge in [-0.2, -0.15) is 0 Å². The number of nitrogens with two attached hydrogens (primary N) is 2. The Kier molecular flexibility index (Phi) is 4.31. The summed E-state index contributed by atoms with van der Waals surface area (Å²) in [5.41, 5.74) is 12.2. The summed E-state index contributed by atoms with van der Waals surface area (Å²) in [6.45, 7) is 4.18. The Balaban J connectivity index is 2.57. The minimum atomic E-state index is -0.422. The second-order valence-electron chi connectivity index (χ2n) is 4.09. The largest absolute Gasteiger partial charge is 0.460 e. The van der Waals surface area contributed by atoms with E-state index >= 15 is 0 Å². The number of carbonyl (C=O) groups is 1. The van der Waals surface area contributed by atoms with E-state index < -0.39 is 5.97 Å². The first-order valence-electron chi connectivity index (χ1n) is 5.29. The number of carbonyl (C=O) groups excluding carboxylic acids is 1. The van der Waals surface area contributed by atoms with Gasteiger partial charge in [-0.1, -0.05) is 26.0 Å². The van der Waals surface area contributed by atoms with Crippen molar-refractivity contribution in [1.82, 2.24) is 0 Å². The van der Waals surface area contributed by atoms with Gasteiger partial charge in [-0.25, -0.2) is 4.79 Å². The molecule has 0 spiro atoms. The van der Waals surface area contributed by atoms with E-state index in [1.165, 1.54) is 0 Å². The Labute approximate surface area is 95.6 Å². The number of rotatable bonds is 4. The van der Waals surface area contributed by atoms with Gasteiger partial charge in [0.05, 0.1) is 5.56 Å². The molecule has 4 heteroatoms. The zero-order chi connectivity index (χ0) is 12.1. The standard InChI is InChI=1S/C12H18N2O2/c1-8(2)11(14)7-16-12(15)9-5-3-4-6-10(9)13/h3-6,8,11H,7,13-14H2,1-2H3/t11-/m1/s1. The minimum Gasteiger partial charge on any atom is -0.460 e. The molecule has 0 aliphatic carbocycles. The number of esters is 1. The Hall–Kier alpha value is -1.55. The van der Waals surface area contributed by atoms with E-state index in [0.29, 0.717) is 11.3 Å². The van der Waals surface area contributed by atoms with Gasteiger partial charge in [0.15, 0.2) is 0 Å². The van der Waals surface area contributed by atoms with Crippen molar-refractivity contribution in [3.05, 3.63) is 29.8 Å². The van der Waals surface area contributed by atoms with E-state index in [2.05, 4.69) is 0 Å². The summed E-state index contributed by atoms with van der Waals surface area (Å²) in [7, 11) is 0.